The number of fused-ring (bicyclic) bond motifs is 1. The van der Waals surface area contributed by atoms with Crippen LogP contribution in [0.2, 0.25) is 0 Å². The number of aromatic nitrogens is 3. The molecule has 0 spiro atoms. The van der Waals surface area contributed by atoms with Crippen LogP contribution in [0.3, 0.4) is 0 Å². The van der Waals surface area contributed by atoms with Crippen molar-refractivity contribution in [1.29, 1.82) is 0 Å². The van der Waals surface area contributed by atoms with Crippen molar-refractivity contribution in [2.24, 2.45) is 0 Å². The molecule has 3 aromatic rings. The van der Waals surface area contributed by atoms with E-state index in [0.29, 0.717) is 18.2 Å². The van der Waals surface area contributed by atoms with Crippen molar-refractivity contribution in [2.75, 3.05) is 17.6 Å². The molecular formula is C12H13N5O. The second-order valence-electron chi connectivity index (χ2n) is 3.96. The zero-order valence-electron chi connectivity index (χ0n) is 9.68. The van der Waals surface area contributed by atoms with Gasteiger partial charge in [-0.2, -0.15) is 4.98 Å². The van der Waals surface area contributed by atoms with Gasteiger partial charge in [0.05, 0.1) is 0 Å². The highest BCUT2D eigenvalue weighted by molar-refractivity contribution is 5.78. The van der Waals surface area contributed by atoms with Crippen molar-refractivity contribution in [1.82, 2.24) is 15.0 Å². The maximum absolute atomic E-state index is 5.68. The second-order valence-corrected chi connectivity index (χ2v) is 3.96. The number of nitrogens with two attached hydrogens (primary N) is 1. The standard InChI is InChI=1S/C12H13N5O/c13-8-1-2-10-9(7-8)17-12(18-10)16-4-3-11-14-5-6-15-11/h1-2,5-7H,3-4,13H2,(H,14,15)(H,16,17). The van der Waals surface area contributed by atoms with Crippen LogP contribution in [0.4, 0.5) is 11.7 Å². The Kier molecular flexibility index (Phi) is 2.60. The summed E-state index contributed by atoms with van der Waals surface area (Å²) in [6.07, 6.45) is 4.32. The second kappa shape index (κ2) is 4.40. The molecule has 0 aliphatic heterocycles. The summed E-state index contributed by atoms with van der Waals surface area (Å²) in [5.41, 5.74) is 7.85. The summed E-state index contributed by atoms with van der Waals surface area (Å²) in [7, 11) is 0. The first-order valence-corrected chi connectivity index (χ1v) is 5.69. The van der Waals surface area contributed by atoms with Crippen LogP contribution in [-0.4, -0.2) is 21.5 Å². The van der Waals surface area contributed by atoms with Crippen molar-refractivity contribution in [3.8, 4) is 0 Å². The van der Waals surface area contributed by atoms with Crippen LogP contribution in [0.25, 0.3) is 11.1 Å². The number of nitrogens with one attached hydrogen (secondary N) is 2. The molecule has 0 aliphatic rings. The quantitative estimate of drug-likeness (QED) is 0.607. The van der Waals surface area contributed by atoms with Gasteiger partial charge >= 0.3 is 0 Å². The Labute approximate surface area is 103 Å². The van der Waals surface area contributed by atoms with Gasteiger partial charge in [0, 0.05) is 31.0 Å². The number of hydrogen-bond acceptors (Lipinski definition) is 5. The first-order chi connectivity index (χ1) is 8.81. The maximum Gasteiger partial charge on any atom is 0.295 e. The average molecular weight is 243 g/mol. The first kappa shape index (κ1) is 10.6. The van der Waals surface area contributed by atoms with Gasteiger partial charge in [-0.1, -0.05) is 0 Å². The number of H-pyrrole nitrogens is 1. The number of nitrogen functional groups attached to an aromatic ring is 1. The SMILES string of the molecule is Nc1ccc2oc(NCCc3ncc[nH]3)nc2c1. The Bertz CT molecular complexity index is 644. The summed E-state index contributed by atoms with van der Waals surface area (Å²) in [6.45, 7) is 0.704. The van der Waals surface area contributed by atoms with E-state index < -0.39 is 0 Å². The van der Waals surface area contributed by atoms with Gasteiger partial charge in [-0.15, -0.1) is 0 Å². The normalized spacial score (nSPS) is 10.9. The third-order valence-corrected chi connectivity index (χ3v) is 2.60. The third kappa shape index (κ3) is 2.13. The number of hydrogen-bond donors (Lipinski definition) is 3. The highest BCUT2D eigenvalue weighted by atomic mass is 16.4. The number of anilines is 2. The number of oxazole rings is 1. The lowest BCUT2D eigenvalue weighted by atomic mass is 10.3. The molecule has 0 aliphatic carbocycles. The monoisotopic (exact) mass is 243 g/mol. The molecular weight excluding hydrogens is 230 g/mol. The van der Waals surface area contributed by atoms with Crippen LogP contribution in [0, 0.1) is 0 Å². The molecule has 0 fully saturated rings. The summed E-state index contributed by atoms with van der Waals surface area (Å²) >= 11 is 0. The predicted octanol–water partition coefficient (Wildman–Crippen LogP) is 1.79. The Morgan fingerprint density at radius 1 is 1.39 bits per heavy atom. The van der Waals surface area contributed by atoms with Gasteiger partial charge in [-0.3, -0.25) is 0 Å². The molecule has 0 unspecified atom stereocenters. The van der Waals surface area contributed by atoms with Crippen molar-refractivity contribution in [3.05, 3.63) is 36.4 Å². The zero-order chi connectivity index (χ0) is 12.4. The predicted molar refractivity (Wildman–Crippen MR) is 69.2 cm³/mol. The number of imidazole rings is 1. The lowest BCUT2D eigenvalue weighted by molar-refractivity contribution is 0.614. The largest absolute Gasteiger partial charge is 0.424 e. The summed E-state index contributed by atoms with van der Waals surface area (Å²) in [5.74, 6) is 0.933. The molecule has 0 atom stereocenters. The van der Waals surface area contributed by atoms with E-state index in [-0.39, 0.29) is 0 Å². The van der Waals surface area contributed by atoms with E-state index >= 15 is 0 Å². The molecule has 0 amide bonds. The van der Waals surface area contributed by atoms with E-state index in [1.54, 1.807) is 24.5 Å². The van der Waals surface area contributed by atoms with Crippen molar-refractivity contribution >= 4 is 22.8 Å². The van der Waals surface area contributed by atoms with E-state index in [4.69, 9.17) is 10.2 Å². The lowest BCUT2D eigenvalue weighted by Gasteiger charge is -1.98. The Morgan fingerprint density at radius 3 is 3.17 bits per heavy atom. The fraction of sp³-hybridized carbons (Fsp3) is 0.167. The molecule has 18 heavy (non-hydrogen) atoms. The lowest BCUT2D eigenvalue weighted by Crippen LogP contribution is -2.05. The van der Waals surface area contributed by atoms with Gasteiger partial charge in [0.2, 0.25) is 0 Å². The molecule has 92 valence electrons. The molecule has 0 bridgehead atoms. The topological polar surface area (TPSA) is 92.8 Å². The minimum atomic E-state index is 0.502. The third-order valence-electron chi connectivity index (χ3n) is 2.60. The Morgan fingerprint density at radius 2 is 2.33 bits per heavy atom. The highest BCUT2D eigenvalue weighted by Crippen LogP contribution is 2.20. The molecule has 4 N–H and O–H groups in total. The number of benzene rings is 1. The van der Waals surface area contributed by atoms with Gasteiger partial charge in [0.1, 0.15) is 11.3 Å². The first-order valence-electron chi connectivity index (χ1n) is 5.69. The average Bonchev–Trinajstić information content (AvgIpc) is 2.97. The summed E-state index contributed by atoms with van der Waals surface area (Å²) in [6, 6.07) is 5.90. The zero-order valence-corrected chi connectivity index (χ0v) is 9.68. The maximum atomic E-state index is 5.68. The number of rotatable bonds is 4. The van der Waals surface area contributed by atoms with Gasteiger partial charge in [0.25, 0.3) is 6.01 Å². The van der Waals surface area contributed by atoms with Crippen LogP contribution in [0.15, 0.2) is 35.0 Å². The van der Waals surface area contributed by atoms with Crippen molar-refractivity contribution in [3.63, 3.8) is 0 Å². The molecule has 0 saturated carbocycles. The molecule has 6 nitrogen and oxygen atoms in total. The van der Waals surface area contributed by atoms with Gasteiger partial charge in [-0.25, -0.2) is 4.98 Å². The van der Waals surface area contributed by atoms with Crippen LogP contribution in [-0.2, 0) is 6.42 Å². The Hall–Kier alpha value is -2.50. The molecule has 2 heterocycles. The van der Waals surface area contributed by atoms with Gasteiger partial charge in [-0.05, 0) is 18.2 Å². The smallest absolute Gasteiger partial charge is 0.295 e. The molecule has 2 aromatic heterocycles. The van der Waals surface area contributed by atoms with Crippen molar-refractivity contribution < 1.29 is 4.42 Å². The van der Waals surface area contributed by atoms with Crippen LogP contribution in [0.5, 0.6) is 0 Å². The van der Waals surface area contributed by atoms with Crippen molar-refractivity contribution in [2.45, 2.75) is 6.42 Å². The van der Waals surface area contributed by atoms with Gasteiger partial charge in [0.15, 0.2) is 5.58 Å². The minimum absolute atomic E-state index is 0.502. The van der Waals surface area contributed by atoms with E-state index in [9.17, 15) is 0 Å². The molecule has 0 saturated heterocycles. The van der Waals surface area contributed by atoms with Gasteiger partial charge < -0.3 is 20.5 Å². The number of nitrogens with zero attached hydrogens (tertiary/aromatic N) is 2. The molecule has 6 heteroatoms. The summed E-state index contributed by atoms with van der Waals surface area (Å²) in [4.78, 5) is 11.5. The van der Waals surface area contributed by atoms with Crippen LogP contribution in [0.1, 0.15) is 5.82 Å². The van der Waals surface area contributed by atoms with E-state index in [2.05, 4.69) is 20.3 Å². The number of aromatic amines is 1. The van der Waals surface area contributed by atoms with Crippen LogP contribution >= 0.6 is 0 Å². The highest BCUT2D eigenvalue weighted by Gasteiger charge is 2.05. The Balaban J connectivity index is 1.67. The fourth-order valence-corrected chi connectivity index (χ4v) is 1.74. The minimum Gasteiger partial charge on any atom is -0.424 e. The molecule has 3 rings (SSSR count). The summed E-state index contributed by atoms with van der Waals surface area (Å²) in [5, 5.41) is 3.11. The van der Waals surface area contributed by atoms with E-state index in [0.717, 1.165) is 23.3 Å². The fourth-order valence-electron chi connectivity index (χ4n) is 1.74. The van der Waals surface area contributed by atoms with E-state index in [1.807, 2.05) is 6.07 Å². The molecule has 0 radical (unpaired) electrons. The van der Waals surface area contributed by atoms with E-state index in [1.165, 1.54) is 0 Å². The molecule has 1 aromatic carbocycles. The summed E-state index contributed by atoms with van der Waals surface area (Å²) < 4.78 is 5.53. The van der Waals surface area contributed by atoms with Crippen LogP contribution < -0.4 is 11.1 Å².